The molecule has 2 N–H and O–H groups in total. The van der Waals surface area contributed by atoms with Gasteiger partial charge in [0, 0.05) is 18.3 Å². The maximum Gasteiger partial charge on any atom is 0.162 e. The number of phenolic OH excluding ortho intramolecular Hbond substituents is 1. The van der Waals surface area contributed by atoms with Gasteiger partial charge in [0.05, 0.1) is 21.3 Å². The van der Waals surface area contributed by atoms with Gasteiger partial charge in [-0.1, -0.05) is 6.07 Å². The van der Waals surface area contributed by atoms with Crippen molar-refractivity contribution in [3.8, 4) is 23.0 Å². The van der Waals surface area contributed by atoms with Crippen molar-refractivity contribution in [2.24, 2.45) is 0 Å². The molecule has 2 aromatic rings. The average Bonchev–Trinajstić information content (AvgIpc) is 2.53. The Balaban J connectivity index is 2.09. The second-order valence-corrected chi connectivity index (χ2v) is 4.43. The van der Waals surface area contributed by atoms with E-state index in [1.54, 1.807) is 26.4 Å². The number of nitrogens with one attached hydrogen (secondary N) is 1. The molecule has 0 aliphatic heterocycles. The molecule has 112 valence electrons. The van der Waals surface area contributed by atoms with E-state index in [4.69, 9.17) is 14.2 Å². The Kier molecular flexibility index (Phi) is 4.77. The number of methoxy groups -OCH3 is 3. The maximum atomic E-state index is 9.57. The molecule has 0 radical (unpaired) electrons. The molecule has 0 spiro atoms. The number of aromatic hydroxyl groups is 1. The van der Waals surface area contributed by atoms with E-state index in [9.17, 15) is 5.11 Å². The van der Waals surface area contributed by atoms with Crippen LogP contribution in [-0.2, 0) is 6.54 Å². The quantitative estimate of drug-likeness (QED) is 0.856. The Bertz CT molecular complexity index is 613. The minimum atomic E-state index is 0.132. The lowest BCUT2D eigenvalue weighted by atomic mass is 10.2. The highest BCUT2D eigenvalue weighted by Gasteiger charge is 2.05. The minimum Gasteiger partial charge on any atom is -0.504 e. The lowest BCUT2D eigenvalue weighted by molar-refractivity contribution is 0.355. The maximum absolute atomic E-state index is 9.57. The van der Waals surface area contributed by atoms with Crippen LogP contribution < -0.4 is 19.5 Å². The number of anilines is 1. The zero-order chi connectivity index (χ0) is 15.2. The van der Waals surface area contributed by atoms with Gasteiger partial charge in [-0.15, -0.1) is 0 Å². The van der Waals surface area contributed by atoms with Gasteiger partial charge in [-0.25, -0.2) is 0 Å². The Morgan fingerprint density at radius 1 is 0.857 bits per heavy atom. The van der Waals surface area contributed by atoms with Gasteiger partial charge < -0.3 is 24.6 Å². The van der Waals surface area contributed by atoms with Crippen molar-refractivity contribution in [3.63, 3.8) is 0 Å². The fourth-order valence-corrected chi connectivity index (χ4v) is 1.98. The molecule has 0 heterocycles. The summed E-state index contributed by atoms with van der Waals surface area (Å²) in [5.41, 5.74) is 1.92. The number of ether oxygens (including phenoxy) is 3. The summed E-state index contributed by atoms with van der Waals surface area (Å²) < 4.78 is 15.6. The molecule has 0 amide bonds. The average molecular weight is 289 g/mol. The fourth-order valence-electron chi connectivity index (χ4n) is 1.98. The SMILES string of the molecule is COc1cc(CNc2ccc(OC)c(OC)c2)ccc1O. The Hall–Kier alpha value is -2.56. The summed E-state index contributed by atoms with van der Waals surface area (Å²) in [6.45, 7) is 0.603. The second-order valence-electron chi connectivity index (χ2n) is 4.43. The predicted molar refractivity (Wildman–Crippen MR) is 81.5 cm³/mol. The van der Waals surface area contributed by atoms with E-state index in [0.717, 1.165) is 11.3 Å². The van der Waals surface area contributed by atoms with Crippen LogP contribution in [0.4, 0.5) is 5.69 Å². The van der Waals surface area contributed by atoms with Crippen molar-refractivity contribution >= 4 is 5.69 Å². The molecule has 0 unspecified atom stereocenters. The number of hydrogen-bond acceptors (Lipinski definition) is 5. The Labute approximate surface area is 124 Å². The van der Waals surface area contributed by atoms with Gasteiger partial charge in [-0.2, -0.15) is 0 Å². The van der Waals surface area contributed by atoms with Crippen LogP contribution in [0.1, 0.15) is 5.56 Å². The van der Waals surface area contributed by atoms with Crippen LogP contribution >= 0.6 is 0 Å². The van der Waals surface area contributed by atoms with Gasteiger partial charge in [-0.3, -0.25) is 0 Å². The number of phenols is 1. The normalized spacial score (nSPS) is 10.0. The molecule has 0 fully saturated rings. The monoisotopic (exact) mass is 289 g/mol. The van der Waals surface area contributed by atoms with Crippen molar-refractivity contribution in [1.29, 1.82) is 0 Å². The molecule has 2 aromatic carbocycles. The Morgan fingerprint density at radius 2 is 1.57 bits per heavy atom. The third-order valence-corrected chi connectivity index (χ3v) is 3.12. The van der Waals surface area contributed by atoms with Crippen LogP contribution in [-0.4, -0.2) is 26.4 Å². The van der Waals surface area contributed by atoms with Gasteiger partial charge in [0.25, 0.3) is 0 Å². The zero-order valence-electron chi connectivity index (χ0n) is 12.3. The van der Waals surface area contributed by atoms with Crippen molar-refractivity contribution in [1.82, 2.24) is 0 Å². The van der Waals surface area contributed by atoms with Crippen molar-refractivity contribution < 1.29 is 19.3 Å². The lowest BCUT2D eigenvalue weighted by Gasteiger charge is -2.12. The van der Waals surface area contributed by atoms with E-state index >= 15 is 0 Å². The summed E-state index contributed by atoms with van der Waals surface area (Å²) in [5.74, 6) is 1.95. The first-order chi connectivity index (χ1) is 10.2. The van der Waals surface area contributed by atoms with Crippen LogP contribution in [0.3, 0.4) is 0 Å². The topological polar surface area (TPSA) is 60.0 Å². The third kappa shape index (κ3) is 3.51. The summed E-state index contributed by atoms with van der Waals surface area (Å²) in [6, 6.07) is 10.9. The smallest absolute Gasteiger partial charge is 0.162 e. The molecule has 0 saturated carbocycles. The molecule has 0 aliphatic rings. The molecule has 21 heavy (non-hydrogen) atoms. The van der Waals surface area contributed by atoms with Crippen LogP contribution in [0.15, 0.2) is 36.4 Å². The first kappa shape index (κ1) is 14.8. The number of benzene rings is 2. The standard InChI is InChI=1S/C16H19NO4/c1-19-14-7-5-12(9-16(14)21-3)17-10-11-4-6-13(18)15(8-11)20-2/h4-9,17-18H,10H2,1-3H3. The van der Waals surface area contributed by atoms with Crippen molar-refractivity contribution in [2.45, 2.75) is 6.54 Å². The van der Waals surface area contributed by atoms with Crippen LogP contribution in [0.2, 0.25) is 0 Å². The largest absolute Gasteiger partial charge is 0.504 e. The number of rotatable bonds is 6. The molecule has 0 bridgehead atoms. The van der Waals surface area contributed by atoms with E-state index in [2.05, 4.69) is 5.32 Å². The Morgan fingerprint density at radius 3 is 2.24 bits per heavy atom. The first-order valence-corrected chi connectivity index (χ1v) is 6.49. The van der Waals surface area contributed by atoms with E-state index < -0.39 is 0 Å². The lowest BCUT2D eigenvalue weighted by Crippen LogP contribution is -2.00. The summed E-state index contributed by atoms with van der Waals surface area (Å²) in [5, 5.41) is 12.9. The first-order valence-electron chi connectivity index (χ1n) is 6.49. The van der Waals surface area contributed by atoms with Gasteiger partial charge in [0.1, 0.15) is 0 Å². The summed E-state index contributed by atoms with van der Waals surface area (Å²) >= 11 is 0. The molecule has 5 heteroatoms. The van der Waals surface area contributed by atoms with Gasteiger partial charge in [0.15, 0.2) is 23.0 Å². The summed E-state index contributed by atoms with van der Waals surface area (Å²) in [6.07, 6.45) is 0. The van der Waals surface area contributed by atoms with E-state index in [1.807, 2.05) is 24.3 Å². The summed E-state index contributed by atoms with van der Waals surface area (Å²) in [7, 11) is 4.74. The van der Waals surface area contributed by atoms with Crippen LogP contribution in [0.25, 0.3) is 0 Å². The third-order valence-electron chi connectivity index (χ3n) is 3.12. The second kappa shape index (κ2) is 6.74. The molecule has 2 rings (SSSR count). The van der Waals surface area contributed by atoms with Gasteiger partial charge in [-0.05, 0) is 29.8 Å². The van der Waals surface area contributed by atoms with Crippen LogP contribution in [0, 0.1) is 0 Å². The fraction of sp³-hybridized carbons (Fsp3) is 0.250. The van der Waals surface area contributed by atoms with Crippen LogP contribution in [0.5, 0.6) is 23.0 Å². The van der Waals surface area contributed by atoms with Gasteiger partial charge in [0.2, 0.25) is 0 Å². The van der Waals surface area contributed by atoms with Gasteiger partial charge >= 0.3 is 0 Å². The molecule has 0 aromatic heterocycles. The molecule has 0 aliphatic carbocycles. The highest BCUT2D eigenvalue weighted by atomic mass is 16.5. The van der Waals surface area contributed by atoms with E-state index in [1.165, 1.54) is 7.11 Å². The highest BCUT2D eigenvalue weighted by molar-refractivity contribution is 5.55. The predicted octanol–water partition coefficient (Wildman–Crippen LogP) is 3.03. The zero-order valence-corrected chi connectivity index (χ0v) is 12.3. The highest BCUT2D eigenvalue weighted by Crippen LogP contribution is 2.30. The van der Waals surface area contributed by atoms with E-state index in [-0.39, 0.29) is 5.75 Å². The number of hydrogen-bond donors (Lipinski definition) is 2. The molecular weight excluding hydrogens is 270 g/mol. The molecule has 0 saturated heterocycles. The van der Waals surface area contributed by atoms with E-state index in [0.29, 0.717) is 23.8 Å². The van der Waals surface area contributed by atoms with Crippen molar-refractivity contribution in [3.05, 3.63) is 42.0 Å². The molecule has 0 atom stereocenters. The molecular formula is C16H19NO4. The minimum absolute atomic E-state index is 0.132. The van der Waals surface area contributed by atoms with Crippen molar-refractivity contribution in [2.75, 3.05) is 26.6 Å². The molecule has 5 nitrogen and oxygen atoms in total. The summed E-state index contributed by atoms with van der Waals surface area (Å²) in [4.78, 5) is 0.